The van der Waals surface area contributed by atoms with E-state index in [0.29, 0.717) is 19.3 Å². The van der Waals surface area contributed by atoms with Gasteiger partial charge in [-0.25, -0.2) is 9.67 Å². The Morgan fingerprint density at radius 2 is 1.69 bits per heavy atom. The Kier molecular flexibility index (Phi) is 6.21. The molecule has 1 fully saturated rings. The molecule has 0 saturated carbocycles. The summed E-state index contributed by atoms with van der Waals surface area (Å²) in [6.45, 7) is 5.88. The highest BCUT2D eigenvalue weighted by Gasteiger charge is 2.51. The quantitative estimate of drug-likeness (QED) is 0.533. The smallest absolute Gasteiger partial charge is 0.243 e. The summed E-state index contributed by atoms with van der Waals surface area (Å²) in [5, 5.41) is 7.13. The molecule has 168 valence electrons. The monoisotopic (exact) mass is 435 g/mol. The minimum Gasteiger partial charge on any atom is -0.348 e. The molecule has 1 aromatic heterocycles. The maximum Gasteiger partial charge on any atom is 0.243 e. The molecule has 2 heterocycles. The van der Waals surface area contributed by atoms with Crippen molar-refractivity contribution < 1.29 is 14.4 Å². The Hall–Kier alpha value is -3.29. The first-order valence-electron chi connectivity index (χ1n) is 11.1. The molecule has 1 aliphatic heterocycles. The van der Waals surface area contributed by atoms with Crippen LogP contribution in [0.2, 0.25) is 0 Å². The molecule has 4 unspecified atom stereocenters. The molecule has 1 N–H and O–H groups in total. The number of rotatable bonds is 7. The predicted molar refractivity (Wildman–Crippen MR) is 118 cm³/mol. The van der Waals surface area contributed by atoms with Crippen molar-refractivity contribution in [2.45, 2.75) is 52.1 Å². The number of hydrogen-bond acceptors (Lipinski definition) is 5. The molecule has 4 rings (SSSR count). The fourth-order valence-corrected chi connectivity index (χ4v) is 4.56. The van der Waals surface area contributed by atoms with E-state index in [0.717, 1.165) is 11.3 Å². The summed E-state index contributed by atoms with van der Waals surface area (Å²) in [6.07, 6.45) is 8.57. The van der Waals surface area contributed by atoms with Gasteiger partial charge in [0.2, 0.25) is 17.7 Å². The molecular formula is C24H29N5O3. The first-order chi connectivity index (χ1) is 15.4. The van der Waals surface area contributed by atoms with Crippen molar-refractivity contribution in [3.63, 3.8) is 0 Å². The number of allylic oxidation sites excluding steroid dienone is 2. The topological polar surface area (TPSA) is 97.2 Å². The van der Waals surface area contributed by atoms with E-state index in [9.17, 15) is 14.4 Å². The van der Waals surface area contributed by atoms with Crippen molar-refractivity contribution in [1.82, 2.24) is 25.0 Å². The average molecular weight is 436 g/mol. The number of carbonyl (C=O) groups excluding carboxylic acids is 3. The molecule has 2 aromatic rings. The summed E-state index contributed by atoms with van der Waals surface area (Å²) in [5.41, 5.74) is 1.79. The predicted octanol–water partition coefficient (Wildman–Crippen LogP) is 2.81. The maximum atomic E-state index is 13.3. The van der Waals surface area contributed by atoms with E-state index in [1.165, 1.54) is 11.2 Å². The zero-order valence-corrected chi connectivity index (χ0v) is 18.6. The van der Waals surface area contributed by atoms with Crippen molar-refractivity contribution in [3.8, 4) is 5.69 Å². The molecule has 1 aliphatic carbocycles. The fraction of sp³-hybridized carbons (Fsp3) is 0.458. The summed E-state index contributed by atoms with van der Waals surface area (Å²) in [6, 6.07) is 6.58. The summed E-state index contributed by atoms with van der Waals surface area (Å²) in [7, 11) is 0. The summed E-state index contributed by atoms with van der Waals surface area (Å²) >= 11 is 0. The van der Waals surface area contributed by atoms with Crippen molar-refractivity contribution in [2.75, 3.05) is 0 Å². The maximum absolute atomic E-state index is 13.3. The lowest BCUT2D eigenvalue weighted by atomic mass is 9.85. The van der Waals surface area contributed by atoms with Gasteiger partial charge in [-0.15, -0.1) is 0 Å². The lowest BCUT2D eigenvalue weighted by Crippen LogP contribution is -2.51. The van der Waals surface area contributed by atoms with Crippen molar-refractivity contribution >= 4 is 17.7 Å². The zero-order chi connectivity index (χ0) is 22.8. The van der Waals surface area contributed by atoms with Crippen LogP contribution in [0.25, 0.3) is 5.69 Å². The van der Waals surface area contributed by atoms with Gasteiger partial charge >= 0.3 is 0 Å². The molecule has 8 nitrogen and oxygen atoms in total. The summed E-state index contributed by atoms with van der Waals surface area (Å²) < 4.78 is 1.66. The van der Waals surface area contributed by atoms with Crippen LogP contribution in [-0.4, -0.2) is 43.4 Å². The molecular weight excluding hydrogens is 406 g/mol. The standard InChI is InChI=1S/C24H29N5O3/c1-15(2)12-21(29-23(31)19-6-4-5-7-20(19)24(29)32)22(30)27-16(3)17-8-10-18(11-9-17)28-14-25-13-26-28/h4-5,8-11,13-16,19-21H,6-7,12H2,1-3H3,(H,27,30). The Morgan fingerprint density at radius 1 is 1.06 bits per heavy atom. The third-order valence-electron chi connectivity index (χ3n) is 6.29. The first-order valence-corrected chi connectivity index (χ1v) is 11.1. The van der Waals surface area contributed by atoms with E-state index < -0.39 is 6.04 Å². The van der Waals surface area contributed by atoms with Crippen LogP contribution in [0.3, 0.4) is 0 Å². The third kappa shape index (κ3) is 4.22. The van der Waals surface area contributed by atoms with Crippen molar-refractivity contribution in [1.29, 1.82) is 0 Å². The minimum absolute atomic E-state index is 0.157. The second-order valence-electron chi connectivity index (χ2n) is 9.01. The number of fused-ring (bicyclic) bond motifs is 1. The van der Waals surface area contributed by atoms with Gasteiger partial charge in [0, 0.05) is 0 Å². The minimum atomic E-state index is -0.794. The molecule has 0 bridgehead atoms. The number of likely N-dealkylation sites (tertiary alicyclic amines) is 1. The molecule has 4 atom stereocenters. The number of aromatic nitrogens is 3. The van der Waals surface area contributed by atoms with E-state index in [1.54, 1.807) is 11.0 Å². The van der Waals surface area contributed by atoms with Gasteiger partial charge in [-0.2, -0.15) is 5.10 Å². The van der Waals surface area contributed by atoms with Gasteiger partial charge in [0.05, 0.1) is 23.6 Å². The molecule has 32 heavy (non-hydrogen) atoms. The second-order valence-corrected chi connectivity index (χ2v) is 9.01. The third-order valence-corrected chi connectivity index (χ3v) is 6.29. The molecule has 3 amide bonds. The van der Waals surface area contributed by atoms with Gasteiger partial charge in [0.1, 0.15) is 18.7 Å². The highest BCUT2D eigenvalue weighted by molar-refractivity contribution is 6.08. The summed E-state index contributed by atoms with van der Waals surface area (Å²) in [4.78, 5) is 44.6. The number of benzene rings is 1. The number of amides is 3. The fourth-order valence-electron chi connectivity index (χ4n) is 4.56. The highest BCUT2D eigenvalue weighted by atomic mass is 16.2. The molecule has 1 saturated heterocycles. The number of nitrogens with zero attached hydrogens (tertiary/aromatic N) is 4. The van der Waals surface area contributed by atoms with Crippen LogP contribution in [0.15, 0.2) is 49.1 Å². The van der Waals surface area contributed by atoms with E-state index in [2.05, 4.69) is 15.4 Å². The lowest BCUT2D eigenvalue weighted by molar-refractivity contribution is -0.148. The number of carbonyl (C=O) groups is 3. The van der Waals surface area contributed by atoms with E-state index in [4.69, 9.17) is 0 Å². The number of nitrogens with one attached hydrogen (secondary N) is 1. The molecule has 1 aromatic carbocycles. The Balaban J connectivity index is 1.49. The lowest BCUT2D eigenvalue weighted by Gasteiger charge is -2.28. The van der Waals surface area contributed by atoms with Gasteiger partial charge < -0.3 is 5.32 Å². The van der Waals surface area contributed by atoms with Crippen molar-refractivity contribution in [2.24, 2.45) is 17.8 Å². The first kappa shape index (κ1) is 21.9. The number of imide groups is 1. The van der Waals surface area contributed by atoms with Crippen LogP contribution in [0.5, 0.6) is 0 Å². The Bertz CT molecular complexity index is 987. The Labute approximate surface area is 187 Å². The van der Waals surface area contributed by atoms with Crippen molar-refractivity contribution in [3.05, 3.63) is 54.6 Å². The van der Waals surface area contributed by atoms with Gasteiger partial charge in [-0.05, 0) is 49.8 Å². The van der Waals surface area contributed by atoms with Crippen LogP contribution in [0.1, 0.15) is 51.6 Å². The van der Waals surface area contributed by atoms with Crippen LogP contribution >= 0.6 is 0 Å². The van der Waals surface area contributed by atoms with Gasteiger partial charge in [0.15, 0.2) is 0 Å². The SMILES string of the molecule is CC(C)CC(C(=O)NC(C)c1ccc(-n2cncn2)cc1)N1C(=O)C2CC=CCC2C1=O. The zero-order valence-electron chi connectivity index (χ0n) is 18.6. The normalized spacial score (nSPS) is 22.2. The molecule has 2 aliphatic rings. The van der Waals surface area contributed by atoms with Crippen LogP contribution in [-0.2, 0) is 14.4 Å². The van der Waals surface area contributed by atoms with E-state index in [1.807, 2.05) is 57.2 Å². The van der Waals surface area contributed by atoms with Gasteiger partial charge in [-0.3, -0.25) is 19.3 Å². The molecule has 0 radical (unpaired) electrons. The Morgan fingerprint density at radius 3 is 2.22 bits per heavy atom. The molecule has 0 spiro atoms. The van der Waals surface area contributed by atoms with Crippen LogP contribution in [0.4, 0.5) is 0 Å². The van der Waals surface area contributed by atoms with E-state index >= 15 is 0 Å². The largest absolute Gasteiger partial charge is 0.348 e. The second kappa shape index (κ2) is 9.06. The van der Waals surface area contributed by atoms with Crippen LogP contribution in [0, 0.1) is 17.8 Å². The highest BCUT2D eigenvalue weighted by Crippen LogP contribution is 2.37. The average Bonchev–Trinajstić information content (AvgIpc) is 3.40. The summed E-state index contributed by atoms with van der Waals surface area (Å²) in [5.74, 6) is -1.23. The van der Waals surface area contributed by atoms with Crippen LogP contribution < -0.4 is 5.32 Å². The van der Waals surface area contributed by atoms with Gasteiger partial charge in [-0.1, -0.05) is 38.1 Å². The van der Waals surface area contributed by atoms with Gasteiger partial charge in [0.25, 0.3) is 0 Å². The molecule has 8 heteroatoms. The number of hydrogen-bond donors (Lipinski definition) is 1. The van der Waals surface area contributed by atoms with E-state index in [-0.39, 0.29) is 41.5 Å².